The van der Waals surface area contributed by atoms with Gasteiger partial charge in [0, 0.05) is 23.0 Å². The van der Waals surface area contributed by atoms with Crippen LogP contribution in [0.3, 0.4) is 0 Å². The number of rotatable bonds is 6. The molecule has 7 heteroatoms. The van der Waals surface area contributed by atoms with Gasteiger partial charge in [-0.15, -0.1) is 0 Å². The maximum Gasteiger partial charge on any atom is 0.321 e. The van der Waals surface area contributed by atoms with Crippen LogP contribution in [0, 0.1) is 12.3 Å². The van der Waals surface area contributed by atoms with Crippen molar-refractivity contribution in [3.8, 4) is 0 Å². The largest absolute Gasteiger partial charge is 0.338 e. The molecule has 2 aromatic rings. The van der Waals surface area contributed by atoms with Crippen LogP contribution in [0.4, 0.5) is 9.93 Å². The third-order valence-electron chi connectivity index (χ3n) is 3.33. The Labute approximate surface area is 153 Å². The lowest BCUT2D eigenvalue weighted by atomic mass is 10.0. The molecule has 24 heavy (non-hydrogen) atoms. The molecule has 0 radical (unpaired) electrons. The number of anilines is 1. The molecule has 2 amide bonds. The highest BCUT2D eigenvalue weighted by molar-refractivity contribution is 9.10. The van der Waals surface area contributed by atoms with Gasteiger partial charge in [-0.1, -0.05) is 46.0 Å². The van der Waals surface area contributed by atoms with Crippen LogP contribution in [0.2, 0.25) is 0 Å². The van der Waals surface area contributed by atoms with Crippen molar-refractivity contribution in [2.24, 2.45) is 0 Å². The van der Waals surface area contributed by atoms with Gasteiger partial charge in [0.05, 0.1) is 10.2 Å². The summed E-state index contributed by atoms with van der Waals surface area (Å²) in [5, 5.41) is 13.1. The number of hydrogen-bond donors (Lipinski definition) is 3. The highest BCUT2D eigenvalue weighted by atomic mass is 79.9. The minimum atomic E-state index is -0.264. The molecule has 0 saturated heterocycles. The molecule has 0 aliphatic carbocycles. The van der Waals surface area contributed by atoms with Crippen molar-refractivity contribution < 1.29 is 4.79 Å². The topological polar surface area (TPSA) is 77.9 Å². The summed E-state index contributed by atoms with van der Waals surface area (Å²) in [6.45, 7) is 8.52. The molecule has 1 aromatic heterocycles. The number of allylic oxidation sites excluding steroid dienone is 3. The predicted octanol–water partition coefficient (Wildman–Crippen LogP) is 5.12. The molecule has 0 spiro atoms. The highest BCUT2D eigenvalue weighted by Crippen LogP contribution is 2.38. The summed E-state index contributed by atoms with van der Waals surface area (Å²) in [4.78, 5) is 16.3. The lowest BCUT2D eigenvalue weighted by molar-refractivity contribution is 0.252. The summed E-state index contributed by atoms with van der Waals surface area (Å²) in [5.41, 5.74) is 3.67. The first-order valence-electron chi connectivity index (χ1n) is 7.47. The van der Waals surface area contributed by atoms with Crippen LogP contribution >= 0.6 is 27.3 Å². The number of amides is 2. The summed E-state index contributed by atoms with van der Waals surface area (Å²) in [6.07, 6.45) is 5.70. The zero-order valence-corrected chi connectivity index (χ0v) is 16.0. The Morgan fingerprint density at radius 1 is 1.54 bits per heavy atom. The van der Waals surface area contributed by atoms with E-state index in [2.05, 4.69) is 38.1 Å². The molecule has 2 rings (SSSR count). The van der Waals surface area contributed by atoms with Gasteiger partial charge in [-0.2, -0.15) is 0 Å². The van der Waals surface area contributed by atoms with Crippen molar-refractivity contribution >= 4 is 60.4 Å². The molecule has 0 unspecified atom stereocenters. The molecular weight excluding hydrogens is 388 g/mol. The minimum absolute atomic E-state index is 0.264. The molecular formula is C17H19BrN4OS. The summed E-state index contributed by atoms with van der Waals surface area (Å²) in [6, 6.07) is 1.75. The Morgan fingerprint density at radius 2 is 2.29 bits per heavy atom. The number of hydrogen-bond acceptors (Lipinski definition) is 4. The lowest BCUT2D eigenvalue weighted by Crippen LogP contribution is -2.28. The fourth-order valence-corrected chi connectivity index (χ4v) is 3.62. The van der Waals surface area contributed by atoms with Crippen LogP contribution < -0.4 is 10.6 Å². The first-order valence-corrected chi connectivity index (χ1v) is 9.08. The number of aryl methyl sites for hydroxylation is 1. The van der Waals surface area contributed by atoms with Gasteiger partial charge >= 0.3 is 6.03 Å². The standard InChI is InChI=1S/C17H19BrN4OS/c1-4-20-16(23)22-17-21-14-11(3)13(18)9-12(15(14)24-17)10(2)7-5-6-8-19/h5,7-9,19H,2,4,6H2,1,3H3,(H2,20,21,22,23)/b7-5-,19-8?. The number of thiazole rings is 1. The van der Waals surface area contributed by atoms with E-state index in [4.69, 9.17) is 5.41 Å². The van der Waals surface area contributed by atoms with Gasteiger partial charge in [-0.05, 0) is 37.3 Å². The second-order valence-electron chi connectivity index (χ2n) is 5.08. The van der Waals surface area contributed by atoms with Gasteiger partial charge in [0.25, 0.3) is 0 Å². The SMILES string of the molecule is C=C(/C=C\CC=N)c1cc(Br)c(C)c2nc(NC(=O)NCC)sc12. The van der Waals surface area contributed by atoms with Crippen molar-refractivity contribution in [1.82, 2.24) is 10.3 Å². The van der Waals surface area contributed by atoms with E-state index in [1.165, 1.54) is 17.6 Å². The summed E-state index contributed by atoms with van der Waals surface area (Å²) in [7, 11) is 0. The Bertz CT molecular complexity index is 826. The third kappa shape index (κ3) is 4.10. The van der Waals surface area contributed by atoms with Crippen molar-refractivity contribution in [3.63, 3.8) is 0 Å². The fourth-order valence-electron chi connectivity index (χ4n) is 2.13. The van der Waals surface area contributed by atoms with E-state index >= 15 is 0 Å². The number of fused-ring (bicyclic) bond motifs is 1. The average molecular weight is 407 g/mol. The number of carbonyl (C=O) groups is 1. The molecule has 5 nitrogen and oxygen atoms in total. The number of carbonyl (C=O) groups excluding carboxylic acids is 1. The number of nitrogens with one attached hydrogen (secondary N) is 3. The van der Waals surface area contributed by atoms with Gasteiger partial charge in [0.1, 0.15) is 0 Å². The summed E-state index contributed by atoms with van der Waals surface area (Å²) >= 11 is 4.99. The van der Waals surface area contributed by atoms with E-state index in [1.807, 2.05) is 32.1 Å². The van der Waals surface area contributed by atoms with Crippen LogP contribution in [-0.2, 0) is 0 Å². The first-order chi connectivity index (χ1) is 11.5. The van der Waals surface area contributed by atoms with E-state index in [1.54, 1.807) is 0 Å². The van der Waals surface area contributed by atoms with E-state index in [0.717, 1.165) is 31.4 Å². The fraction of sp³-hybridized carbons (Fsp3) is 0.235. The molecule has 126 valence electrons. The lowest BCUT2D eigenvalue weighted by Gasteiger charge is -2.06. The van der Waals surface area contributed by atoms with Crippen molar-refractivity contribution in [2.45, 2.75) is 20.3 Å². The quantitative estimate of drug-likeness (QED) is 0.459. The molecule has 0 fully saturated rings. The summed E-state index contributed by atoms with van der Waals surface area (Å²) < 4.78 is 1.92. The van der Waals surface area contributed by atoms with Crippen LogP contribution in [0.1, 0.15) is 24.5 Å². The molecule has 1 aromatic carbocycles. The normalized spacial score (nSPS) is 11.0. The van der Waals surface area contributed by atoms with Crippen LogP contribution in [0.15, 0.2) is 29.3 Å². The Morgan fingerprint density at radius 3 is 2.96 bits per heavy atom. The Balaban J connectivity index is 2.46. The molecule has 0 aliphatic rings. The minimum Gasteiger partial charge on any atom is -0.338 e. The second-order valence-corrected chi connectivity index (χ2v) is 6.93. The molecule has 0 aliphatic heterocycles. The maximum atomic E-state index is 11.7. The number of benzene rings is 1. The van der Waals surface area contributed by atoms with E-state index in [0.29, 0.717) is 18.1 Å². The highest BCUT2D eigenvalue weighted by Gasteiger charge is 2.15. The molecule has 0 atom stereocenters. The van der Waals surface area contributed by atoms with Crippen molar-refractivity contribution in [1.29, 1.82) is 5.41 Å². The molecule has 1 heterocycles. The van der Waals surface area contributed by atoms with Gasteiger partial charge in [-0.3, -0.25) is 5.32 Å². The third-order valence-corrected chi connectivity index (χ3v) is 5.16. The predicted molar refractivity (Wildman–Crippen MR) is 106 cm³/mol. The number of nitrogens with zero attached hydrogens (tertiary/aromatic N) is 1. The maximum absolute atomic E-state index is 11.7. The molecule has 3 N–H and O–H groups in total. The first kappa shape index (κ1) is 18.4. The van der Waals surface area contributed by atoms with Crippen molar-refractivity contribution in [3.05, 3.63) is 40.4 Å². The van der Waals surface area contributed by atoms with Gasteiger partial charge in [-0.25, -0.2) is 9.78 Å². The second kappa shape index (κ2) is 8.21. The van der Waals surface area contributed by atoms with Gasteiger partial charge in [0.15, 0.2) is 5.13 Å². The average Bonchev–Trinajstić information content (AvgIpc) is 2.95. The Hall–Kier alpha value is -1.99. The smallest absolute Gasteiger partial charge is 0.321 e. The molecule has 0 saturated carbocycles. The Kier molecular flexibility index (Phi) is 6.28. The van der Waals surface area contributed by atoms with Gasteiger partial charge in [0.2, 0.25) is 0 Å². The van der Waals surface area contributed by atoms with E-state index in [9.17, 15) is 4.79 Å². The number of urea groups is 1. The monoisotopic (exact) mass is 406 g/mol. The zero-order chi connectivity index (χ0) is 17.7. The summed E-state index contributed by atoms with van der Waals surface area (Å²) in [5.74, 6) is 0. The van der Waals surface area contributed by atoms with Crippen LogP contribution in [0.5, 0.6) is 0 Å². The van der Waals surface area contributed by atoms with Gasteiger partial charge < -0.3 is 10.7 Å². The van der Waals surface area contributed by atoms with Crippen LogP contribution in [0.25, 0.3) is 15.8 Å². The molecule has 0 bridgehead atoms. The van der Waals surface area contributed by atoms with E-state index < -0.39 is 0 Å². The zero-order valence-electron chi connectivity index (χ0n) is 13.6. The van der Waals surface area contributed by atoms with Crippen molar-refractivity contribution in [2.75, 3.05) is 11.9 Å². The number of aromatic nitrogens is 1. The van der Waals surface area contributed by atoms with E-state index in [-0.39, 0.29) is 6.03 Å². The van der Waals surface area contributed by atoms with Crippen LogP contribution in [-0.4, -0.2) is 23.8 Å². The number of halogens is 1.